The van der Waals surface area contributed by atoms with Crippen LogP contribution in [0.4, 0.5) is 0 Å². The van der Waals surface area contributed by atoms with Crippen molar-refractivity contribution in [2.24, 2.45) is 0 Å². The third kappa shape index (κ3) is 7.69. The van der Waals surface area contributed by atoms with Gasteiger partial charge in [-0.25, -0.2) is 9.97 Å². The van der Waals surface area contributed by atoms with Crippen LogP contribution >= 0.6 is 23.2 Å². The average molecular weight is 840 g/mol. The first-order valence-electron chi connectivity index (χ1n) is 20.6. The molecule has 4 atom stereocenters. The summed E-state index contributed by atoms with van der Waals surface area (Å²) >= 11 is 12.3. The summed E-state index contributed by atoms with van der Waals surface area (Å²) in [4.78, 5) is 53.1. The first-order chi connectivity index (χ1) is 29.0. The van der Waals surface area contributed by atoms with Crippen molar-refractivity contribution >= 4 is 57.1 Å². The molecule has 9 rings (SSSR count). The number of nitrogens with zero attached hydrogens (tertiary/aromatic N) is 6. The third-order valence-corrected chi connectivity index (χ3v) is 12.6. The number of nitrogens with one attached hydrogen (secondary N) is 2. The summed E-state index contributed by atoms with van der Waals surface area (Å²) < 4.78 is 0. The normalized spacial score (nSPS) is 18.0. The fraction of sp³-hybridized carbons (Fsp3) is 0.292. The number of hydrogen-bond acceptors (Lipinski definition) is 6. The smallest absolute Gasteiger partial charge is 0.245 e. The van der Waals surface area contributed by atoms with Crippen LogP contribution in [0.3, 0.4) is 0 Å². The summed E-state index contributed by atoms with van der Waals surface area (Å²) in [6, 6.07) is 35.2. The van der Waals surface area contributed by atoms with Gasteiger partial charge in [0.1, 0.15) is 23.7 Å². The predicted octanol–water partition coefficient (Wildman–Crippen LogP) is 10.0. The van der Waals surface area contributed by atoms with Crippen molar-refractivity contribution in [3.05, 3.63) is 142 Å². The predicted molar refractivity (Wildman–Crippen MR) is 240 cm³/mol. The van der Waals surface area contributed by atoms with Crippen LogP contribution in [0.25, 0.3) is 44.3 Å². The Kier molecular flexibility index (Phi) is 11.0. The van der Waals surface area contributed by atoms with Crippen LogP contribution in [-0.4, -0.2) is 92.6 Å². The van der Waals surface area contributed by atoms with E-state index in [4.69, 9.17) is 33.2 Å². The zero-order valence-corrected chi connectivity index (χ0v) is 35.7. The van der Waals surface area contributed by atoms with E-state index in [1.165, 1.54) is 0 Å². The van der Waals surface area contributed by atoms with Crippen LogP contribution in [0.2, 0.25) is 10.0 Å². The van der Waals surface area contributed by atoms with E-state index in [9.17, 15) is 9.59 Å². The molecular weight excluding hydrogens is 791 g/mol. The first kappa shape index (κ1) is 39.9. The second-order valence-electron chi connectivity index (χ2n) is 16.5. The van der Waals surface area contributed by atoms with E-state index >= 15 is 0 Å². The molecule has 2 amide bonds. The van der Waals surface area contributed by atoms with Crippen LogP contribution in [0.5, 0.6) is 0 Å². The van der Waals surface area contributed by atoms with E-state index in [2.05, 4.69) is 70.6 Å². The number of amides is 2. The first-order valence-corrected chi connectivity index (χ1v) is 21.3. The number of aromatic amines is 2. The number of fused-ring (bicyclic) bond motifs is 2. The van der Waals surface area contributed by atoms with Gasteiger partial charge in [0.25, 0.3) is 0 Å². The molecule has 0 bridgehead atoms. The highest BCUT2D eigenvalue weighted by atomic mass is 35.5. The Morgan fingerprint density at radius 1 is 0.567 bits per heavy atom. The summed E-state index contributed by atoms with van der Waals surface area (Å²) in [6.45, 7) is 1.38. The van der Waals surface area contributed by atoms with Gasteiger partial charge in [0.2, 0.25) is 11.8 Å². The SMILES string of the molecule is CN(C)C(C(=O)N1CCC[C@H]1c1nc2ccc(-c3ccc(-c4ccc5nc([C@@H]6CCCN6C(=O)C(c6ccc(Cl)cc6)N(C)C)[nH]c5c4)cc3)cc2[nH]1)c1ccc(Cl)cc1. The van der Waals surface area contributed by atoms with E-state index in [0.717, 1.165) is 92.8 Å². The molecule has 10 nitrogen and oxygen atoms in total. The summed E-state index contributed by atoms with van der Waals surface area (Å²) in [6.07, 6.45) is 3.55. The van der Waals surface area contributed by atoms with E-state index in [-0.39, 0.29) is 23.9 Å². The molecule has 12 heteroatoms. The molecule has 60 heavy (non-hydrogen) atoms. The molecule has 2 N–H and O–H groups in total. The molecule has 2 unspecified atom stereocenters. The fourth-order valence-corrected chi connectivity index (χ4v) is 9.40. The number of rotatable bonds is 10. The Bertz CT molecular complexity index is 2490. The van der Waals surface area contributed by atoms with Crippen molar-refractivity contribution in [2.75, 3.05) is 41.3 Å². The lowest BCUT2D eigenvalue weighted by Gasteiger charge is -2.31. The maximum absolute atomic E-state index is 14.1. The summed E-state index contributed by atoms with van der Waals surface area (Å²) in [7, 11) is 7.75. The Balaban J connectivity index is 0.912. The topological polar surface area (TPSA) is 104 Å². The summed E-state index contributed by atoms with van der Waals surface area (Å²) in [5.41, 5.74) is 9.82. The molecular formula is C48H48Cl2N8O2. The zero-order valence-electron chi connectivity index (χ0n) is 34.2. The van der Waals surface area contributed by atoms with Gasteiger partial charge in [0.05, 0.1) is 34.2 Å². The lowest BCUT2D eigenvalue weighted by atomic mass is 10.00. The largest absolute Gasteiger partial charge is 0.340 e. The number of benzene rings is 5. The highest BCUT2D eigenvalue weighted by molar-refractivity contribution is 6.30. The lowest BCUT2D eigenvalue weighted by molar-refractivity contribution is -0.138. The minimum atomic E-state index is -0.413. The number of aromatic nitrogens is 4. The molecule has 306 valence electrons. The average Bonchev–Trinajstić information content (AvgIpc) is 4.07. The van der Waals surface area contributed by atoms with E-state index in [0.29, 0.717) is 23.1 Å². The maximum atomic E-state index is 14.1. The lowest BCUT2D eigenvalue weighted by Crippen LogP contribution is -2.40. The van der Waals surface area contributed by atoms with E-state index in [1.807, 2.05) is 96.3 Å². The van der Waals surface area contributed by atoms with Gasteiger partial charge in [-0.1, -0.05) is 83.9 Å². The Hall–Kier alpha value is -5.52. The van der Waals surface area contributed by atoms with Gasteiger partial charge < -0.3 is 19.8 Å². The number of hydrogen-bond donors (Lipinski definition) is 2. The second-order valence-corrected chi connectivity index (χ2v) is 17.4. The minimum Gasteiger partial charge on any atom is -0.340 e. The number of likely N-dealkylation sites (N-methyl/N-ethyl adjacent to an activating group) is 2. The molecule has 2 aliphatic rings. The Morgan fingerprint density at radius 3 is 1.30 bits per heavy atom. The summed E-state index contributed by atoms with van der Waals surface area (Å²) in [5.74, 6) is 1.76. The maximum Gasteiger partial charge on any atom is 0.245 e. The fourth-order valence-electron chi connectivity index (χ4n) is 9.15. The van der Waals surface area contributed by atoms with Crippen LogP contribution in [0.1, 0.15) is 72.6 Å². The molecule has 2 saturated heterocycles. The molecule has 0 spiro atoms. The zero-order chi connectivity index (χ0) is 41.7. The van der Waals surface area contributed by atoms with Crippen molar-refractivity contribution in [3.63, 3.8) is 0 Å². The molecule has 0 aliphatic carbocycles. The highest BCUT2D eigenvalue weighted by Gasteiger charge is 2.38. The molecule has 5 aromatic carbocycles. The van der Waals surface area contributed by atoms with Crippen LogP contribution in [0, 0.1) is 0 Å². The minimum absolute atomic E-state index is 0.0645. The molecule has 2 aromatic heterocycles. The number of carbonyl (C=O) groups excluding carboxylic acids is 2. The van der Waals surface area contributed by atoms with Crippen molar-refractivity contribution in [1.82, 2.24) is 39.5 Å². The number of halogens is 2. The second kappa shape index (κ2) is 16.5. The van der Waals surface area contributed by atoms with Gasteiger partial charge in [-0.15, -0.1) is 0 Å². The number of carbonyl (C=O) groups is 2. The molecule has 7 aromatic rings. The van der Waals surface area contributed by atoms with Crippen molar-refractivity contribution in [3.8, 4) is 22.3 Å². The highest BCUT2D eigenvalue weighted by Crippen LogP contribution is 2.38. The van der Waals surface area contributed by atoms with Crippen molar-refractivity contribution < 1.29 is 9.59 Å². The molecule has 0 saturated carbocycles. The van der Waals surface area contributed by atoms with E-state index in [1.54, 1.807) is 0 Å². The molecule has 0 radical (unpaired) electrons. The van der Waals surface area contributed by atoms with Gasteiger partial charge in [0.15, 0.2) is 0 Å². The van der Waals surface area contributed by atoms with Gasteiger partial charge in [0, 0.05) is 23.1 Å². The standard InChI is InChI=1S/C48H48Cl2N8O2/c1-55(2)43(31-13-19-35(49)20-14-31)47(59)57-25-5-7-41(57)45-51-37-23-17-33(27-39(37)53-45)29-9-11-30(12-10-29)34-18-24-38-40(28-34)54-46(52-38)42-8-6-26-58(42)48(60)44(56(3)4)32-15-21-36(50)22-16-32/h9-24,27-28,41-44H,5-8,25-26H2,1-4H3,(H,51,53)(H,52,54)/t41-,42-,43?,44?/m0/s1. The van der Waals surface area contributed by atoms with Gasteiger partial charge in [-0.2, -0.15) is 0 Å². The van der Waals surface area contributed by atoms with Gasteiger partial charge in [-0.3, -0.25) is 19.4 Å². The van der Waals surface area contributed by atoms with Gasteiger partial charge >= 0.3 is 0 Å². The quantitative estimate of drug-likeness (QED) is 0.142. The molecule has 2 fully saturated rings. The summed E-state index contributed by atoms with van der Waals surface area (Å²) in [5, 5.41) is 1.30. The van der Waals surface area contributed by atoms with E-state index < -0.39 is 12.1 Å². The van der Waals surface area contributed by atoms with Crippen molar-refractivity contribution in [2.45, 2.75) is 49.9 Å². The van der Waals surface area contributed by atoms with Crippen LogP contribution in [0.15, 0.2) is 109 Å². The number of likely N-dealkylation sites (tertiary alicyclic amines) is 2. The number of H-pyrrole nitrogens is 2. The Labute approximate surface area is 360 Å². The van der Waals surface area contributed by atoms with Crippen LogP contribution in [-0.2, 0) is 9.59 Å². The van der Waals surface area contributed by atoms with Crippen molar-refractivity contribution in [1.29, 1.82) is 0 Å². The molecule has 2 aliphatic heterocycles. The molecule has 4 heterocycles. The number of imidazole rings is 2. The Morgan fingerprint density at radius 2 is 0.933 bits per heavy atom. The monoisotopic (exact) mass is 838 g/mol. The third-order valence-electron chi connectivity index (χ3n) is 12.1. The van der Waals surface area contributed by atoms with Crippen LogP contribution < -0.4 is 0 Å². The van der Waals surface area contributed by atoms with Gasteiger partial charge in [-0.05, 0) is 136 Å².